The van der Waals surface area contributed by atoms with Crippen LogP contribution in [0.2, 0.25) is 0 Å². The Bertz CT molecular complexity index is 216. The second-order valence-corrected chi connectivity index (χ2v) is 3.61. The molecule has 0 aromatic rings. The van der Waals surface area contributed by atoms with Crippen molar-refractivity contribution in [3.63, 3.8) is 0 Å². The van der Waals surface area contributed by atoms with E-state index in [0.717, 1.165) is 12.8 Å². The number of aliphatic hydroxyl groups is 1. The van der Waals surface area contributed by atoms with E-state index in [1.807, 2.05) is 0 Å². The van der Waals surface area contributed by atoms with E-state index in [-0.39, 0.29) is 6.61 Å². The van der Waals surface area contributed by atoms with Crippen LogP contribution in [0.1, 0.15) is 19.8 Å². The van der Waals surface area contributed by atoms with E-state index < -0.39 is 0 Å². The third kappa shape index (κ3) is 3.32. The van der Waals surface area contributed by atoms with Gasteiger partial charge in [-0.25, -0.2) is 0 Å². The van der Waals surface area contributed by atoms with Crippen LogP contribution in [0, 0.1) is 0 Å². The van der Waals surface area contributed by atoms with Crippen molar-refractivity contribution in [1.82, 2.24) is 10.6 Å². The molecule has 0 radical (unpaired) electrons. The van der Waals surface area contributed by atoms with Crippen molar-refractivity contribution in [2.45, 2.75) is 25.8 Å². The van der Waals surface area contributed by atoms with Crippen LogP contribution in [-0.4, -0.2) is 29.4 Å². The van der Waals surface area contributed by atoms with Gasteiger partial charge in [0, 0.05) is 12.6 Å². The highest BCUT2D eigenvalue weighted by molar-refractivity contribution is 7.80. The first kappa shape index (κ1) is 10.5. The van der Waals surface area contributed by atoms with Crippen molar-refractivity contribution in [3.8, 4) is 0 Å². The summed E-state index contributed by atoms with van der Waals surface area (Å²) in [5.74, 6) is 0. The van der Waals surface area contributed by atoms with Crippen LogP contribution in [0.15, 0.2) is 11.6 Å². The maximum atomic E-state index is 8.57. The van der Waals surface area contributed by atoms with Gasteiger partial charge in [0.1, 0.15) is 0 Å². The van der Waals surface area contributed by atoms with E-state index in [0.29, 0.717) is 17.7 Å². The lowest BCUT2D eigenvalue weighted by Gasteiger charge is -2.17. The first-order valence-electron chi connectivity index (χ1n) is 4.56. The molecule has 0 bridgehead atoms. The van der Waals surface area contributed by atoms with Crippen molar-refractivity contribution in [3.05, 3.63) is 11.6 Å². The summed E-state index contributed by atoms with van der Waals surface area (Å²) >= 11 is 5.05. The maximum Gasteiger partial charge on any atom is 0.166 e. The van der Waals surface area contributed by atoms with Crippen LogP contribution in [0.25, 0.3) is 0 Å². The molecule has 1 aliphatic rings. The van der Waals surface area contributed by atoms with Crippen LogP contribution in [0.3, 0.4) is 0 Å². The molecular formula is C9H16N2OS. The van der Waals surface area contributed by atoms with Crippen LogP contribution in [-0.2, 0) is 0 Å². The largest absolute Gasteiger partial charge is 0.395 e. The predicted molar refractivity (Wildman–Crippen MR) is 57.6 cm³/mol. The molecule has 0 spiro atoms. The van der Waals surface area contributed by atoms with Crippen LogP contribution in [0.5, 0.6) is 0 Å². The van der Waals surface area contributed by atoms with Crippen molar-refractivity contribution < 1.29 is 5.11 Å². The molecule has 0 fully saturated rings. The summed E-state index contributed by atoms with van der Waals surface area (Å²) in [7, 11) is 0. The second-order valence-electron chi connectivity index (χ2n) is 3.20. The Morgan fingerprint density at radius 1 is 1.77 bits per heavy atom. The Morgan fingerprint density at radius 2 is 2.54 bits per heavy atom. The van der Waals surface area contributed by atoms with Gasteiger partial charge < -0.3 is 15.7 Å². The summed E-state index contributed by atoms with van der Waals surface area (Å²) < 4.78 is 0. The minimum Gasteiger partial charge on any atom is -0.395 e. The number of rotatable bonds is 3. The van der Waals surface area contributed by atoms with Crippen molar-refractivity contribution >= 4 is 17.3 Å². The number of hydrogen-bond acceptors (Lipinski definition) is 2. The van der Waals surface area contributed by atoms with E-state index >= 15 is 0 Å². The molecule has 1 atom stereocenters. The molecule has 13 heavy (non-hydrogen) atoms. The van der Waals surface area contributed by atoms with Gasteiger partial charge >= 0.3 is 0 Å². The normalized spacial score (nSPS) is 21.1. The highest BCUT2D eigenvalue weighted by Crippen LogP contribution is 2.17. The van der Waals surface area contributed by atoms with Crippen molar-refractivity contribution in [2.24, 2.45) is 0 Å². The summed E-state index contributed by atoms with van der Waals surface area (Å²) in [5.41, 5.74) is 1.35. The molecule has 0 saturated carbocycles. The first-order valence-corrected chi connectivity index (χ1v) is 4.96. The molecule has 1 aliphatic carbocycles. The molecule has 0 aromatic carbocycles. The van der Waals surface area contributed by atoms with Gasteiger partial charge in [-0.2, -0.15) is 0 Å². The van der Waals surface area contributed by atoms with E-state index in [2.05, 4.69) is 23.6 Å². The van der Waals surface area contributed by atoms with Crippen molar-refractivity contribution in [2.75, 3.05) is 13.2 Å². The van der Waals surface area contributed by atoms with Crippen LogP contribution < -0.4 is 10.6 Å². The Balaban J connectivity index is 2.24. The Morgan fingerprint density at radius 3 is 3.08 bits per heavy atom. The number of allylic oxidation sites excluding steroid dienone is 1. The summed E-state index contributed by atoms with van der Waals surface area (Å²) in [5, 5.41) is 15.3. The van der Waals surface area contributed by atoms with Gasteiger partial charge in [0.2, 0.25) is 0 Å². The Kier molecular flexibility index (Phi) is 4.18. The van der Waals surface area contributed by atoms with Gasteiger partial charge in [-0.1, -0.05) is 11.6 Å². The zero-order valence-corrected chi connectivity index (χ0v) is 8.66. The molecule has 0 heterocycles. The fraction of sp³-hybridized carbons (Fsp3) is 0.667. The van der Waals surface area contributed by atoms with Crippen molar-refractivity contribution in [1.29, 1.82) is 0 Å². The molecule has 3 nitrogen and oxygen atoms in total. The topological polar surface area (TPSA) is 44.3 Å². The van der Waals surface area contributed by atoms with Crippen LogP contribution in [0.4, 0.5) is 0 Å². The molecule has 3 N–H and O–H groups in total. The molecule has 74 valence electrons. The molecule has 1 unspecified atom stereocenters. The first-order chi connectivity index (χ1) is 6.24. The van der Waals surface area contributed by atoms with E-state index in [9.17, 15) is 0 Å². The van der Waals surface area contributed by atoms with Gasteiger partial charge in [-0.05, 0) is 32.0 Å². The molecule has 0 aliphatic heterocycles. The monoisotopic (exact) mass is 200 g/mol. The molecule has 1 rings (SSSR count). The minimum atomic E-state index is 0.112. The zero-order chi connectivity index (χ0) is 9.68. The van der Waals surface area contributed by atoms with E-state index in [1.54, 1.807) is 0 Å². The third-order valence-corrected chi connectivity index (χ3v) is 2.44. The lowest BCUT2D eigenvalue weighted by Crippen LogP contribution is -2.42. The van der Waals surface area contributed by atoms with Gasteiger partial charge in [0.25, 0.3) is 0 Å². The highest BCUT2D eigenvalue weighted by Gasteiger charge is 2.15. The third-order valence-electron chi connectivity index (χ3n) is 2.17. The average Bonchev–Trinajstić information content (AvgIpc) is 2.48. The zero-order valence-electron chi connectivity index (χ0n) is 7.84. The molecular weight excluding hydrogens is 184 g/mol. The molecule has 0 amide bonds. The maximum absolute atomic E-state index is 8.57. The van der Waals surface area contributed by atoms with E-state index in [1.165, 1.54) is 5.57 Å². The Labute approximate surface area is 84.2 Å². The fourth-order valence-corrected chi connectivity index (χ4v) is 1.66. The number of hydrogen-bond donors (Lipinski definition) is 3. The number of thiocarbonyl (C=S) groups is 1. The van der Waals surface area contributed by atoms with Crippen LogP contribution >= 0.6 is 12.2 Å². The molecule has 4 heteroatoms. The second kappa shape index (κ2) is 5.19. The predicted octanol–water partition coefficient (Wildman–Crippen LogP) is 0.552. The van der Waals surface area contributed by atoms with Gasteiger partial charge in [-0.3, -0.25) is 0 Å². The SMILES string of the molecule is CC1=CCCC1NC(=S)NCCO. The summed E-state index contributed by atoms with van der Waals surface area (Å²) in [4.78, 5) is 0. The lowest BCUT2D eigenvalue weighted by molar-refractivity contribution is 0.300. The smallest absolute Gasteiger partial charge is 0.166 e. The fourth-order valence-electron chi connectivity index (χ4n) is 1.41. The number of nitrogens with one attached hydrogen (secondary N) is 2. The van der Waals surface area contributed by atoms with Gasteiger partial charge in [0.05, 0.1) is 6.61 Å². The van der Waals surface area contributed by atoms with E-state index in [4.69, 9.17) is 17.3 Å². The summed E-state index contributed by atoms with van der Waals surface area (Å²) in [6, 6.07) is 0.388. The highest BCUT2D eigenvalue weighted by atomic mass is 32.1. The Hall–Kier alpha value is -0.610. The minimum absolute atomic E-state index is 0.112. The lowest BCUT2D eigenvalue weighted by atomic mass is 10.2. The standard InChI is InChI=1S/C9H16N2OS/c1-7-3-2-4-8(7)11-9(13)10-5-6-12/h3,8,12H,2,4-6H2,1H3,(H2,10,11,13). The molecule has 0 aromatic heterocycles. The quantitative estimate of drug-likeness (QED) is 0.460. The average molecular weight is 200 g/mol. The summed E-state index contributed by atoms with van der Waals surface area (Å²) in [6.45, 7) is 2.74. The number of aliphatic hydroxyl groups excluding tert-OH is 1. The van der Waals surface area contributed by atoms with Gasteiger partial charge in [0.15, 0.2) is 5.11 Å². The summed E-state index contributed by atoms with van der Waals surface area (Å²) in [6.07, 6.45) is 4.48. The van der Waals surface area contributed by atoms with Gasteiger partial charge in [-0.15, -0.1) is 0 Å². The molecule has 0 saturated heterocycles.